The lowest BCUT2D eigenvalue weighted by atomic mass is 10.0. The highest BCUT2D eigenvalue weighted by atomic mass is 32.1. The summed E-state index contributed by atoms with van der Waals surface area (Å²) in [6, 6.07) is -3.23. The van der Waals surface area contributed by atoms with Gasteiger partial charge in [0, 0.05) is 12.2 Å². The van der Waals surface area contributed by atoms with E-state index in [2.05, 4.69) is 23.3 Å². The smallest absolute Gasteiger partial charge is 0.327 e. The fourth-order valence-electron chi connectivity index (χ4n) is 1.65. The number of aliphatic carboxylic acids is 2. The molecule has 0 aromatic rings. The highest BCUT2D eigenvalue weighted by Gasteiger charge is 2.29. The normalized spacial score (nSPS) is 14.7. The van der Waals surface area contributed by atoms with Crippen LogP contribution in [-0.4, -0.2) is 57.8 Å². The Morgan fingerprint density at radius 1 is 1.09 bits per heavy atom. The molecule has 0 bridgehead atoms. The van der Waals surface area contributed by atoms with Crippen LogP contribution in [0.3, 0.4) is 0 Å². The zero-order valence-electron chi connectivity index (χ0n) is 13.0. The highest BCUT2D eigenvalue weighted by Crippen LogP contribution is 2.05. The van der Waals surface area contributed by atoms with Crippen molar-refractivity contribution < 1.29 is 29.4 Å². The monoisotopic (exact) mass is 349 g/mol. The molecule has 0 saturated carbocycles. The van der Waals surface area contributed by atoms with Crippen LogP contribution in [0, 0.1) is 5.92 Å². The molecule has 0 spiro atoms. The van der Waals surface area contributed by atoms with Gasteiger partial charge in [-0.2, -0.15) is 12.6 Å². The fraction of sp³-hybridized carbons (Fsp3) is 0.692. The van der Waals surface area contributed by atoms with Crippen molar-refractivity contribution in [2.24, 2.45) is 11.7 Å². The Hall–Kier alpha value is -1.81. The van der Waals surface area contributed by atoms with Crippen LogP contribution >= 0.6 is 12.6 Å². The lowest BCUT2D eigenvalue weighted by Crippen LogP contribution is -2.56. The van der Waals surface area contributed by atoms with Crippen molar-refractivity contribution in [1.29, 1.82) is 0 Å². The Bertz CT molecular complexity index is 457. The van der Waals surface area contributed by atoms with Crippen molar-refractivity contribution in [3.8, 4) is 0 Å². The largest absolute Gasteiger partial charge is 0.481 e. The second-order valence-corrected chi connectivity index (χ2v) is 5.72. The highest BCUT2D eigenvalue weighted by molar-refractivity contribution is 7.80. The molecule has 0 aromatic carbocycles. The van der Waals surface area contributed by atoms with Gasteiger partial charge in [-0.05, 0) is 12.3 Å². The minimum atomic E-state index is -1.24. The van der Waals surface area contributed by atoms with Gasteiger partial charge in [-0.1, -0.05) is 13.8 Å². The predicted molar refractivity (Wildman–Crippen MR) is 85.0 cm³/mol. The summed E-state index contributed by atoms with van der Waals surface area (Å²) in [5.74, 6) is -4.07. The van der Waals surface area contributed by atoms with Crippen molar-refractivity contribution in [2.45, 2.75) is 44.8 Å². The quantitative estimate of drug-likeness (QED) is 0.271. The van der Waals surface area contributed by atoms with E-state index >= 15 is 0 Å². The van der Waals surface area contributed by atoms with Gasteiger partial charge in [0.25, 0.3) is 0 Å². The number of carboxylic acid groups (broad SMARTS) is 2. The van der Waals surface area contributed by atoms with E-state index in [4.69, 9.17) is 15.9 Å². The number of carboxylic acids is 2. The number of hydrogen-bond acceptors (Lipinski definition) is 6. The average Bonchev–Trinajstić information content (AvgIpc) is 2.46. The van der Waals surface area contributed by atoms with Gasteiger partial charge in [-0.3, -0.25) is 14.4 Å². The van der Waals surface area contributed by atoms with E-state index < -0.39 is 41.9 Å². The van der Waals surface area contributed by atoms with Crippen molar-refractivity contribution >= 4 is 36.4 Å². The third-order valence-electron chi connectivity index (χ3n) is 3.05. The molecule has 2 amide bonds. The zero-order chi connectivity index (χ0) is 18.2. The van der Waals surface area contributed by atoms with Crippen LogP contribution in [0.2, 0.25) is 0 Å². The molecule has 0 fully saturated rings. The van der Waals surface area contributed by atoms with Gasteiger partial charge in [-0.25, -0.2) is 4.79 Å². The van der Waals surface area contributed by atoms with Crippen LogP contribution in [0.1, 0.15) is 26.7 Å². The molecule has 10 heteroatoms. The molecular formula is C13H23N3O6S. The average molecular weight is 349 g/mol. The number of nitrogens with two attached hydrogens (primary N) is 1. The van der Waals surface area contributed by atoms with Crippen LogP contribution in [0.15, 0.2) is 0 Å². The van der Waals surface area contributed by atoms with E-state index in [-0.39, 0.29) is 24.5 Å². The van der Waals surface area contributed by atoms with E-state index in [1.54, 1.807) is 13.8 Å². The molecule has 0 saturated heterocycles. The first-order valence-corrected chi connectivity index (χ1v) is 7.65. The Balaban J connectivity index is 4.79. The SMILES string of the molecule is CC(C)C(NC(=O)C(N)CCC(=O)O)C(=O)NC(CS)C(=O)O. The molecule has 0 radical (unpaired) electrons. The van der Waals surface area contributed by atoms with E-state index in [1.807, 2.05) is 0 Å². The van der Waals surface area contributed by atoms with E-state index in [1.165, 1.54) is 0 Å². The van der Waals surface area contributed by atoms with Gasteiger partial charge in [0.05, 0.1) is 6.04 Å². The van der Waals surface area contributed by atoms with E-state index in [0.29, 0.717) is 0 Å². The van der Waals surface area contributed by atoms with Gasteiger partial charge < -0.3 is 26.6 Å². The Morgan fingerprint density at radius 3 is 2.04 bits per heavy atom. The maximum absolute atomic E-state index is 12.1. The van der Waals surface area contributed by atoms with Crippen LogP contribution in [0.4, 0.5) is 0 Å². The summed E-state index contributed by atoms with van der Waals surface area (Å²) in [6.45, 7) is 3.34. The molecule has 0 heterocycles. The first-order chi connectivity index (χ1) is 10.6. The molecule has 23 heavy (non-hydrogen) atoms. The molecule has 3 atom stereocenters. The van der Waals surface area contributed by atoms with Crippen LogP contribution in [0.5, 0.6) is 0 Å². The molecule has 0 aromatic heterocycles. The van der Waals surface area contributed by atoms with Crippen molar-refractivity contribution in [2.75, 3.05) is 5.75 Å². The number of nitrogens with one attached hydrogen (secondary N) is 2. The second kappa shape index (κ2) is 10.1. The first-order valence-electron chi connectivity index (χ1n) is 7.01. The third kappa shape index (κ3) is 7.84. The van der Waals surface area contributed by atoms with E-state index in [9.17, 15) is 19.2 Å². The Kier molecular flexibility index (Phi) is 9.27. The molecule has 132 valence electrons. The second-order valence-electron chi connectivity index (χ2n) is 5.35. The van der Waals surface area contributed by atoms with Crippen LogP contribution in [-0.2, 0) is 19.2 Å². The molecule has 3 unspecified atom stereocenters. The summed E-state index contributed by atoms with van der Waals surface area (Å²) >= 11 is 3.84. The first kappa shape index (κ1) is 21.2. The molecular weight excluding hydrogens is 326 g/mol. The zero-order valence-corrected chi connectivity index (χ0v) is 13.9. The van der Waals surface area contributed by atoms with Gasteiger partial charge in [0.15, 0.2) is 0 Å². The molecule has 6 N–H and O–H groups in total. The summed E-state index contributed by atoms with van der Waals surface area (Å²) in [5.41, 5.74) is 5.58. The van der Waals surface area contributed by atoms with Gasteiger partial charge >= 0.3 is 11.9 Å². The van der Waals surface area contributed by atoms with Crippen molar-refractivity contribution in [3.05, 3.63) is 0 Å². The number of amides is 2. The maximum Gasteiger partial charge on any atom is 0.327 e. The number of thiol groups is 1. The standard InChI is InChI=1S/C13H23N3O6S/c1-6(2)10(12(20)15-8(5-23)13(21)22)16-11(19)7(14)3-4-9(17)18/h6-8,10,23H,3-5,14H2,1-2H3,(H,15,20)(H,16,19)(H,17,18)(H,21,22). The number of hydrogen-bond donors (Lipinski definition) is 6. The topological polar surface area (TPSA) is 159 Å². The molecule has 0 rings (SSSR count). The molecule has 0 aliphatic rings. The summed E-state index contributed by atoms with van der Waals surface area (Å²) in [5, 5.41) is 22.2. The Morgan fingerprint density at radius 2 is 1.65 bits per heavy atom. The van der Waals surface area contributed by atoms with Gasteiger partial charge in [-0.15, -0.1) is 0 Å². The van der Waals surface area contributed by atoms with Gasteiger partial charge in [0.1, 0.15) is 12.1 Å². The lowest BCUT2D eigenvalue weighted by Gasteiger charge is -2.24. The maximum atomic E-state index is 12.1. The fourth-order valence-corrected chi connectivity index (χ4v) is 1.90. The summed E-state index contributed by atoms with van der Waals surface area (Å²) in [7, 11) is 0. The predicted octanol–water partition coefficient (Wildman–Crippen LogP) is -1.18. The summed E-state index contributed by atoms with van der Waals surface area (Å²) in [6.07, 6.45) is -0.337. The van der Waals surface area contributed by atoms with Gasteiger partial charge in [0.2, 0.25) is 11.8 Å². The van der Waals surface area contributed by atoms with Crippen LogP contribution in [0.25, 0.3) is 0 Å². The van der Waals surface area contributed by atoms with Crippen LogP contribution < -0.4 is 16.4 Å². The molecule has 0 aliphatic heterocycles. The molecule has 9 nitrogen and oxygen atoms in total. The van der Waals surface area contributed by atoms with E-state index in [0.717, 1.165) is 0 Å². The Labute approximate surface area is 139 Å². The summed E-state index contributed by atoms with van der Waals surface area (Å²) in [4.78, 5) is 45.4. The minimum absolute atomic E-state index is 0.0675. The molecule has 0 aliphatic carbocycles. The third-order valence-corrected chi connectivity index (χ3v) is 3.42. The van der Waals surface area contributed by atoms with Crippen molar-refractivity contribution in [3.63, 3.8) is 0 Å². The number of carbonyl (C=O) groups is 4. The number of carbonyl (C=O) groups excluding carboxylic acids is 2. The lowest BCUT2D eigenvalue weighted by molar-refractivity contribution is -0.141. The van der Waals surface area contributed by atoms with Crippen molar-refractivity contribution in [1.82, 2.24) is 10.6 Å². The minimum Gasteiger partial charge on any atom is -0.481 e. The number of rotatable bonds is 10. The summed E-state index contributed by atoms with van der Waals surface area (Å²) < 4.78 is 0.